The van der Waals surface area contributed by atoms with Crippen LogP contribution in [0.3, 0.4) is 0 Å². The predicted octanol–water partition coefficient (Wildman–Crippen LogP) is 3.52. The van der Waals surface area contributed by atoms with Gasteiger partial charge in [0.2, 0.25) is 0 Å². The van der Waals surface area contributed by atoms with Crippen molar-refractivity contribution in [2.24, 2.45) is 0 Å². The summed E-state index contributed by atoms with van der Waals surface area (Å²) in [5, 5.41) is 3.39. The van der Waals surface area contributed by atoms with Crippen molar-refractivity contribution in [3.05, 3.63) is 27.7 Å². The van der Waals surface area contributed by atoms with Crippen molar-refractivity contribution in [2.75, 3.05) is 39.3 Å². The summed E-state index contributed by atoms with van der Waals surface area (Å²) < 4.78 is 7.01. The van der Waals surface area contributed by atoms with E-state index in [1.54, 1.807) is 0 Å². The first-order valence-corrected chi connectivity index (χ1v) is 8.79. The van der Waals surface area contributed by atoms with E-state index in [0.717, 1.165) is 36.3 Å². The SMILES string of the molecule is Cc1cc(C)c(OCCCCCN2CCNCC2)c(Br)c1. The van der Waals surface area contributed by atoms with Gasteiger partial charge in [-0.05, 0) is 72.8 Å². The Balaban J connectivity index is 1.61. The molecule has 2 rings (SSSR count). The van der Waals surface area contributed by atoms with Crippen LogP contribution in [0, 0.1) is 13.8 Å². The lowest BCUT2D eigenvalue weighted by molar-refractivity contribution is 0.231. The summed E-state index contributed by atoms with van der Waals surface area (Å²) in [6, 6.07) is 4.29. The van der Waals surface area contributed by atoms with E-state index in [2.05, 4.69) is 52.1 Å². The summed E-state index contributed by atoms with van der Waals surface area (Å²) in [5.41, 5.74) is 2.48. The lowest BCUT2D eigenvalue weighted by Gasteiger charge is -2.27. The first-order chi connectivity index (χ1) is 10.2. The Hall–Kier alpha value is -0.580. The van der Waals surface area contributed by atoms with Gasteiger partial charge in [-0.2, -0.15) is 0 Å². The lowest BCUT2D eigenvalue weighted by atomic mass is 10.1. The van der Waals surface area contributed by atoms with Crippen molar-refractivity contribution in [3.8, 4) is 5.75 Å². The van der Waals surface area contributed by atoms with Gasteiger partial charge in [-0.3, -0.25) is 0 Å². The number of aryl methyl sites for hydroxylation is 2. The number of halogens is 1. The molecule has 1 aliphatic rings. The average Bonchev–Trinajstić information content (AvgIpc) is 2.45. The Morgan fingerprint density at radius 1 is 1.14 bits per heavy atom. The van der Waals surface area contributed by atoms with Gasteiger partial charge < -0.3 is 15.0 Å². The highest BCUT2D eigenvalue weighted by molar-refractivity contribution is 9.10. The van der Waals surface area contributed by atoms with Gasteiger partial charge in [0.1, 0.15) is 5.75 Å². The minimum absolute atomic E-state index is 0.810. The van der Waals surface area contributed by atoms with E-state index < -0.39 is 0 Å². The van der Waals surface area contributed by atoms with Gasteiger partial charge in [0.25, 0.3) is 0 Å². The molecule has 0 atom stereocenters. The lowest BCUT2D eigenvalue weighted by Crippen LogP contribution is -2.43. The fourth-order valence-corrected chi connectivity index (χ4v) is 3.60. The maximum absolute atomic E-state index is 5.94. The van der Waals surface area contributed by atoms with Crippen LogP contribution in [-0.2, 0) is 0 Å². The first kappa shape index (κ1) is 16.8. The molecule has 0 aromatic heterocycles. The van der Waals surface area contributed by atoms with E-state index in [1.807, 2.05) is 0 Å². The van der Waals surface area contributed by atoms with E-state index in [-0.39, 0.29) is 0 Å². The molecule has 21 heavy (non-hydrogen) atoms. The summed E-state index contributed by atoms with van der Waals surface area (Å²) in [7, 11) is 0. The minimum atomic E-state index is 0.810. The molecular weight excluding hydrogens is 328 g/mol. The summed E-state index contributed by atoms with van der Waals surface area (Å²) in [4.78, 5) is 2.55. The molecule has 1 aromatic carbocycles. The van der Waals surface area contributed by atoms with Crippen LogP contribution in [0.2, 0.25) is 0 Å². The largest absolute Gasteiger partial charge is 0.492 e. The Morgan fingerprint density at radius 3 is 2.62 bits per heavy atom. The molecule has 0 spiro atoms. The van der Waals surface area contributed by atoms with Crippen LogP contribution >= 0.6 is 15.9 Å². The molecule has 1 saturated heterocycles. The van der Waals surface area contributed by atoms with Crippen molar-refractivity contribution >= 4 is 15.9 Å². The van der Waals surface area contributed by atoms with Crippen LogP contribution in [-0.4, -0.2) is 44.2 Å². The Kier molecular flexibility index (Phi) is 7.00. The molecule has 0 radical (unpaired) electrons. The van der Waals surface area contributed by atoms with E-state index in [4.69, 9.17) is 4.74 Å². The predicted molar refractivity (Wildman–Crippen MR) is 92.3 cm³/mol. The van der Waals surface area contributed by atoms with E-state index in [0.29, 0.717) is 0 Å². The zero-order chi connectivity index (χ0) is 15.1. The third-order valence-corrected chi connectivity index (χ3v) is 4.54. The molecule has 118 valence electrons. The smallest absolute Gasteiger partial charge is 0.136 e. The van der Waals surface area contributed by atoms with Gasteiger partial charge in [0.05, 0.1) is 11.1 Å². The number of nitrogens with one attached hydrogen (secondary N) is 1. The zero-order valence-electron chi connectivity index (χ0n) is 13.3. The second-order valence-corrected chi connectivity index (χ2v) is 6.75. The molecule has 4 heteroatoms. The maximum atomic E-state index is 5.94. The van der Waals surface area contributed by atoms with Crippen LogP contribution in [0.25, 0.3) is 0 Å². The molecule has 0 bridgehead atoms. The third-order valence-electron chi connectivity index (χ3n) is 3.95. The molecule has 1 N–H and O–H groups in total. The Labute approximate surface area is 137 Å². The van der Waals surface area contributed by atoms with Crippen molar-refractivity contribution in [1.82, 2.24) is 10.2 Å². The van der Waals surface area contributed by atoms with E-state index in [1.165, 1.54) is 43.6 Å². The molecule has 1 aromatic rings. The maximum Gasteiger partial charge on any atom is 0.136 e. The van der Waals surface area contributed by atoms with Crippen LogP contribution in [0.15, 0.2) is 16.6 Å². The summed E-state index contributed by atoms with van der Waals surface area (Å²) >= 11 is 3.60. The van der Waals surface area contributed by atoms with Gasteiger partial charge in [0.15, 0.2) is 0 Å². The summed E-state index contributed by atoms with van der Waals surface area (Å²) in [6.45, 7) is 10.9. The number of hydrogen-bond donors (Lipinski definition) is 1. The van der Waals surface area contributed by atoms with Gasteiger partial charge in [-0.25, -0.2) is 0 Å². The second-order valence-electron chi connectivity index (χ2n) is 5.89. The number of nitrogens with zero attached hydrogens (tertiary/aromatic N) is 1. The molecule has 1 fully saturated rings. The Bertz CT molecular complexity index is 421. The van der Waals surface area contributed by atoms with Gasteiger partial charge >= 0.3 is 0 Å². The van der Waals surface area contributed by atoms with Crippen LogP contribution in [0.4, 0.5) is 0 Å². The van der Waals surface area contributed by atoms with Gasteiger partial charge in [-0.15, -0.1) is 0 Å². The average molecular weight is 355 g/mol. The van der Waals surface area contributed by atoms with Crippen molar-refractivity contribution < 1.29 is 4.74 Å². The van der Waals surface area contributed by atoms with Gasteiger partial charge in [0, 0.05) is 26.2 Å². The van der Waals surface area contributed by atoms with Crippen molar-refractivity contribution in [1.29, 1.82) is 0 Å². The monoisotopic (exact) mass is 354 g/mol. The van der Waals surface area contributed by atoms with E-state index in [9.17, 15) is 0 Å². The molecule has 0 amide bonds. The molecule has 1 aliphatic heterocycles. The number of benzene rings is 1. The summed E-state index contributed by atoms with van der Waals surface area (Å²) in [5.74, 6) is 1.00. The van der Waals surface area contributed by atoms with Crippen molar-refractivity contribution in [2.45, 2.75) is 33.1 Å². The number of piperazine rings is 1. The van der Waals surface area contributed by atoms with Crippen LogP contribution in [0.1, 0.15) is 30.4 Å². The first-order valence-electron chi connectivity index (χ1n) is 7.99. The molecule has 0 unspecified atom stereocenters. The Morgan fingerprint density at radius 2 is 1.90 bits per heavy atom. The quantitative estimate of drug-likeness (QED) is 0.758. The highest BCUT2D eigenvalue weighted by atomic mass is 79.9. The van der Waals surface area contributed by atoms with E-state index >= 15 is 0 Å². The van der Waals surface area contributed by atoms with Crippen LogP contribution in [0.5, 0.6) is 5.75 Å². The fraction of sp³-hybridized carbons (Fsp3) is 0.647. The number of unbranched alkanes of at least 4 members (excludes halogenated alkanes) is 2. The summed E-state index contributed by atoms with van der Waals surface area (Å²) in [6.07, 6.45) is 3.65. The second kappa shape index (κ2) is 8.76. The fourth-order valence-electron chi connectivity index (χ4n) is 2.81. The number of hydrogen-bond acceptors (Lipinski definition) is 3. The topological polar surface area (TPSA) is 24.5 Å². The number of ether oxygens (including phenoxy) is 1. The molecule has 3 nitrogen and oxygen atoms in total. The molecule has 0 aliphatic carbocycles. The standard InChI is InChI=1S/C17H27BrN2O/c1-14-12-15(2)17(16(18)13-14)21-11-5-3-4-8-20-9-6-19-7-10-20/h12-13,19H,3-11H2,1-2H3. The van der Waals surface area contributed by atoms with Gasteiger partial charge in [-0.1, -0.05) is 6.07 Å². The zero-order valence-corrected chi connectivity index (χ0v) is 14.8. The minimum Gasteiger partial charge on any atom is -0.492 e. The number of rotatable bonds is 7. The molecule has 0 saturated carbocycles. The highest BCUT2D eigenvalue weighted by Crippen LogP contribution is 2.30. The third kappa shape index (κ3) is 5.61. The molecular formula is C17H27BrN2O. The highest BCUT2D eigenvalue weighted by Gasteiger charge is 2.09. The van der Waals surface area contributed by atoms with Crippen LogP contribution < -0.4 is 10.1 Å². The molecule has 1 heterocycles. The van der Waals surface area contributed by atoms with Crippen molar-refractivity contribution in [3.63, 3.8) is 0 Å². The normalized spacial score (nSPS) is 16.1.